The molecule has 0 unspecified atom stereocenters. The minimum Gasteiger partial charge on any atom is -0.392 e. The van der Waals surface area contributed by atoms with E-state index >= 15 is 0 Å². The SMILES string of the molecule is CCCN(CC(N)=S)C(=O)c1snnc1C(C)(C)C. The number of aromatic nitrogens is 2. The standard InChI is InChI=1S/C12H20N4OS2/c1-5-6-16(7-8(13)18)11(17)9-10(12(2,3)4)14-15-19-9/h5-7H2,1-4H3,(H2,13,18). The molecule has 1 heterocycles. The molecule has 7 heteroatoms. The number of nitrogens with zero attached hydrogens (tertiary/aromatic N) is 3. The Labute approximate surface area is 123 Å². The Bertz CT molecular complexity index is 465. The van der Waals surface area contributed by atoms with Gasteiger partial charge in [0.2, 0.25) is 0 Å². The van der Waals surface area contributed by atoms with E-state index in [0.717, 1.165) is 23.6 Å². The van der Waals surface area contributed by atoms with E-state index in [1.165, 1.54) is 0 Å². The zero-order chi connectivity index (χ0) is 14.6. The first-order chi connectivity index (χ1) is 8.77. The van der Waals surface area contributed by atoms with Crippen LogP contribution in [0.4, 0.5) is 0 Å². The second-order valence-corrected chi connectivity index (χ2v) is 6.67. The van der Waals surface area contributed by atoms with Crippen LogP contribution in [0.5, 0.6) is 0 Å². The normalized spacial score (nSPS) is 11.4. The average Bonchev–Trinajstić information content (AvgIpc) is 2.75. The van der Waals surface area contributed by atoms with Crippen molar-refractivity contribution in [1.82, 2.24) is 14.5 Å². The van der Waals surface area contributed by atoms with Gasteiger partial charge >= 0.3 is 0 Å². The van der Waals surface area contributed by atoms with E-state index in [4.69, 9.17) is 18.0 Å². The molecule has 0 aliphatic carbocycles. The molecule has 0 saturated heterocycles. The number of amides is 1. The molecule has 0 aliphatic heterocycles. The molecule has 0 saturated carbocycles. The van der Waals surface area contributed by atoms with E-state index in [1.807, 2.05) is 27.7 Å². The average molecular weight is 300 g/mol. The lowest BCUT2D eigenvalue weighted by Gasteiger charge is -2.23. The van der Waals surface area contributed by atoms with E-state index in [0.29, 0.717) is 23.0 Å². The predicted molar refractivity (Wildman–Crippen MR) is 81.6 cm³/mol. The highest BCUT2D eigenvalue weighted by atomic mass is 32.1. The molecule has 1 amide bonds. The van der Waals surface area contributed by atoms with E-state index < -0.39 is 0 Å². The molecule has 0 atom stereocenters. The van der Waals surface area contributed by atoms with Gasteiger partial charge in [-0.1, -0.05) is 44.4 Å². The molecule has 0 bridgehead atoms. The first kappa shape index (κ1) is 16.0. The largest absolute Gasteiger partial charge is 0.392 e. The summed E-state index contributed by atoms with van der Waals surface area (Å²) in [6.45, 7) is 8.96. The van der Waals surface area contributed by atoms with Crippen LogP contribution in [0, 0.1) is 0 Å². The van der Waals surface area contributed by atoms with Gasteiger partial charge in [-0.15, -0.1) is 5.10 Å². The van der Waals surface area contributed by atoms with Crippen molar-refractivity contribution < 1.29 is 4.79 Å². The first-order valence-electron chi connectivity index (χ1n) is 6.17. The van der Waals surface area contributed by atoms with Crippen LogP contribution in [0.25, 0.3) is 0 Å². The third-order valence-corrected chi connectivity index (χ3v) is 3.36. The summed E-state index contributed by atoms with van der Waals surface area (Å²) in [4.78, 5) is 15.1. The molecule has 19 heavy (non-hydrogen) atoms. The molecule has 0 radical (unpaired) electrons. The van der Waals surface area contributed by atoms with Crippen LogP contribution in [-0.2, 0) is 5.41 Å². The summed E-state index contributed by atoms with van der Waals surface area (Å²) in [5.41, 5.74) is 6.07. The highest BCUT2D eigenvalue weighted by Crippen LogP contribution is 2.26. The van der Waals surface area contributed by atoms with Gasteiger partial charge in [0.1, 0.15) is 4.88 Å². The summed E-state index contributed by atoms with van der Waals surface area (Å²) in [5.74, 6) is -0.0884. The molecule has 0 aliphatic rings. The highest BCUT2D eigenvalue weighted by molar-refractivity contribution is 7.80. The molecule has 1 rings (SSSR count). The van der Waals surface area contributed by atoms with Gasteiger partial charge in [-0.2, -0.15) is 0 Å². The van der Waals surface area contributed by atoms with Gasteiger partial charge in [-0.05, 0) is 18.0 Å². The fraction of sp³-hybridized carbons (Fsp3) is 0.667. The van der Waals surface area contributed by atoms with Crippen molar-refractivity contribution in [3.05, 3.63) is 10.6 Å². The van der Waals surface area contributed by atoms with Crippen molar-refractivity contribution in [2.75, 3.05) is 13.1 Å². The number of hydrogen-bond acceptors (Lipinski definition) is 5. The van der Waals surface area contributed by atoms with Gasteiger partial charge < -0.3 is 10.6 Å². The van der Waals surface area contributed by atoms with Gasteiger partial charge in [0.25, 0.3) is 5.91 Å². The maximum absolute atomic E-state index is 12.5. The molecular formula is C12H20N4OS2. The fourth-order valence-electron chi connectivity index (χ4n) is 1.68. The summed E-state index contributed by atoms with van der Waals surface area (Å²) in [5, 5.41) is 4.09. The predicted octanol–water partition coefficient (Wildman–Crippen LogP) is 1.97. The molecule has 106 valence electrons. The van der Waals surface area contributed by atoms with E-state index in [2.05, 4.69) is 9.59 Å². The lowest BCUT2D eigenvalue weighted by atomic mass is 9.91. The maximum atomic E-state index is 12.5. The van der Waals surface area contributed by atoms with Gasteiger partial charge in [0, 0.05) is 12.0 Å². The molecular weight excluding hydrogens is 280 g/mol. The van der Waals surface area contributed by atoms with Crippen molar-refractivity contribution in [2.24, 2.45) is 5.73 Å². The lowest BCUT2D eigenvalue weighted by Crippen LogP contribution is -2.38. The van der Waals surface area contributed by atoms with Gasteiger partial charge in [0.15, 0.2) is 0 Å². The summed E-state index contributed by atoms with van der Waals surface area (Å²) in [7, 11) is 0. The van der Waals surface area contributed by atoms with Gasteiger partial charge in [-0.3, -0.25) is 4.79 Å². The van der Waals surface area contributed by atoms with Crippen LogP contribution in [0.3, 0.4) is 0 Å². The van der Waals surface area contributed by atoms with Crippen LogP contribution in [-0.4, -0.2) is 38.5 Å². The van der Waals surface area contributed by atoms with Crippen LogP contribution in [0.1, 0.15) is 49.5 Å². The minimum atomic E-state index is -0.209. The molecule has 0 aromatic carbocycles. The number of carbonyl (C=O) groups is 1. The Balaban J connectivity index is 3.03. The van der Waals surface area contributed by atoms with Crippen LogP contribution in [0.2, 0.25) is 0 Å². The zero-order valence-corrected chi connectivity index (χ0v) is 13.4. The van der Waals surface area contributed by atoms with Gasteiger partial charge in [0.05, 0.1) is 17.2 Å². The Kier molecular flexibility index (Phi) is 5.37. The maximum Gasteiger partial charge on any atom is 0.267 e. The third-order valence-electron chi connectivity index (χ3n) is 2.52. The number of thiocarbonyl (C=S) groups is 1. The summed E-state index contributed by atoms with van der Waals surface area (Å²) < 4.78 is 3.91. The highest BCUT2D eigenvalue weighted by Gasteiger charge is 2.28. The fourth-order valence-corrected chi connectivity index (χ4v) is 2.68. The Morgan fingerprint density at radius 1 is 1.47 bits per heavy atom. The molecule has 0 fully saturated rings. The Morgan fingerprint density at radius 3 is 2.58 bits per heavy atom. The second kappa shape index (κ2) is 6.38. The van der Waals surface area contributed by atoms with Crippen molar-refractivity contribution in [3.8, 4) is 0 Å². The Morgan fingerprint density at radius 2 is 2.11 bits per heavy atom. The number of rotatable bonds is 5. The van der Waals surface area contributed by atoms with E-state index in [9.17, 15) is 4.79 Å². The third kappa shape index (κ3) is 4.21. The second-order valence-electron chi connectivity index (χ2n) is 5.39. The van der Waals surface area contributed by atoms with Gasteiger partial charge in [-0.25, -0.2) is 0 Å². The van der Waals surface area contributed by atoms with E-state index in [-0.39, 0.29) is 11.3 Å². The smallest absolute Gasteiger partial charge is 0.267 e. The van der Waals surface area contributed by atoms with Crippen molar-refractivity contribution in [1.29, 1.82) is 0 Å². The van der Waals surface area contributed by atoms with Crippen LogP contribution >= 0.6 is 23.8 Å². The Hall–Kier alpha value is -1.08. The summed E-state index contributed by atoms with van der Waals surface area (Å²) >= 11 is 6.03. The molecule has 2 N–H and O–H groups in total. The number of hydrogen-bond donors (Lipinski definition) is 1. The summed E-state index contributed by atoms with van der Waals surface area (Å²) in [6.07, 6.45) is 0.853. The van der Waals surface area contributed by atoms with Crippen molar-refractivity contribution in [3.63, 3.8) is 0 Å². The molecule has 0 spiro atoms. The van der Waals surface area contributed by atoms with E-state index in [1.54, 1.807) is 4.90 Å². The first-order valence-corrected chi connectivity index (χ1v) is 7.36. The minimum absolute atomic E-state index is 0.0884. The number of nitrogens with two attached hydrogens (primary N) is 1. The van der Waals surface area contributed by atoms with Crippen LogP contribution in [0.15, 0.2) is 0 Å². The monoisotopic (exact) mass is 300 g/mol. The number of carbonyl (C=O) groups excluding carboxylic acids is 1. The summed E-state index contributed by atoms with van der Waals surface area (Å²) in [6, 6.07) is 0. The molecule has 1 aromatic heterocycles. The van der Waals surface area contributed by atoms with Crippen LogP contribution < -0.4 is 5.73 Å². The van der Waals surface area contributed by atoms with Crippen molar-refractivity contribution >= 4 is 34.6 Å². The topological polar surface area (TPSA) is 72.1 Å². The van der Waals surface area contributed by atoms with Crippen molar-refractivity contribution in [2.45, 2.75) is 39.5 Å². The molecule has 1 aromatic rings. The molecule has 5 nitrogen and oxygen atoms in total. The quantitative estimate of drug-likeness (QED) is 0.842. The zero-order valence-electron chi connectivity index (χ0n) is 11.8. The lowest BCUT2D eigenvalue weighted by molar-refractivity contribution is 0.0782.